The molecule has 0 aromatic rings. The summed E-state index contributed by atoms with van der Waals surface area (Å²) in [6, 6.07) is -0.509. The molecule has 1 aliphatic heterocycles. The van der Waals surface area contributed by atoms with Crippen LogP contribution in [0.3, 0.4) is 0 Å². The van der Waals surface area contributed by atoms with E-state index in [9.17, 15) is 9.90 Å². The largest absolute Gasteiger partial charge is 0.465 e. The molecule has 1 heterocycles. The van der Waals surface area contributed by atoms with Gasteiger partial charge in [0.2, 0.25) is 0 Å². The van der Waals surface area contributed by atoms with Crippen LogP contribution < -0.4 is 5.32 Å². The van der Waals surface area contributed by atoms with Crippen LogP contribution in [0.5, 0.6) is 0 Å². The van der Waals surface area contributed by atoms with Gasteiger partial charge in [0.15, 0.2) is 0 Å². The minimum Gasteiger partial charge on any atom is -0.465 e. The number of rotatable bonds is 1. The first kappa shape index (κ1) is 10.3. The summed E-state index contributed by atoms with van der Waals surface area (Å²) in [6.07, 6.45) is -1.36. The van der Waals surface area contributed by atoms with E-state index in [1.165, 1.54) is 0 Å². The number of aliphatic hydroxyl groups excluding tert-OH is 1. The van der Waals surface area contributed by atoms with E-state index in [-0.39, 0.29) is 12.2 Å². The normalized spacial score (nSPS) is 32.5. The van der Waals surface area contributed by atoms with Gasteiger partial charge in [-0.2, -0.15) is 0 Å². The highest BCUT2D eigenvalue weighted by atomic mass is 16.5. The maximum atomic E-state index is 10.3. The molecule has 0 radical (unpaired) electrons. The highest BCUT2D eigenvalue weighted by Crippen LogP contribution is 2.24. The van der Waals surface area contributed by atoms with E-state index in [0.717, 1.165) is 0 Å². The van der Waals surface area contributed by atoms with Crippen molar-refractivity contribution in [1.82, 2.24) is 5.32 Å². The van der Waals surface area contributed by atoms with E-state index in [4.69, 9.17) is 9.84 Å². The molecule has 1 saturated heterocycles. The first-order valence-electron chi connectivity index (χ1n) is 4.22. The smallest absolute Gasteiger partial charge is 0.405 e. The first-order chi connectivity index (χ1) is 5.91. The van der Waals surface area contributed by atoms with Gasteiger partial charge in [0.25, 0.3) is 0 Å². The summed E-state index contributed by atoms with van der Waals surface area (Å²) in [5.41, 5.74) is -0.365. The van der Waals surface area contributed by atoms with Crippen molar-refractivity contribution in [1.29, 1.82) is 0 Å². The van der Waals surface area contributed by atoms with Gasteiger partial charge in [-0.15, -0.1) is 0 Å². The Balaban J connectivity index is 2.49. The zero-order valence-corrected chi connectivity index (χ0v) is 7.78. The molecule has 5 heteroatoms. The van der Waals surface area contributed by atoms with Crippen LogP contribution in [-0.2, 0) is 4.74 Å². The van der Waals surface area contributed by atoms with Gasteiger partial charge in [-0.1, -0.05) is 0 Å². The van der Waals surface area contributed by atoms with E-state index in [0.29, 0.717) is 6.42 Å². The van der Waals surface area contributed by atoms with Gasteiger partial charge < -0.3 is 20.3 Å². The number of carboxylic acid groups (broad SMARTS) is 1. The number of hydrogen-bond donors (Lipinski definition) is 3. The van der Waals surface area contributed by atoms with Crippen LogP contribution in [0.1, 0.15) is 20.3 Å². The Hall–Kier alpha value is -0.810. The van der Waals surface area contributed by atoms with Crippen molar-refractivity contribution >= 4 is 6.09 Å². The van der Waals surface area contributed by atoms with Gasteiger partial charge in [0.1, 0.15) is 0 Å². The summed E-state index contributed by atoms with van der Waals surface area (Å²) >= 11 is 0. The molecule has 1 amide bonds. The molecule has 1 aliphatic rings. The number of amides is 1. The number of nitrogens with one attached hydrogen (secondary N) is 1. The van der Waals surface area contributed by atoms with Crippen LogP contribution in [0, 0.1) is 0 Å². The second-order valence-corrected chi connectivity index (χ2v) is 3.90. The molecule has 13 heavy (non-hydrogen) atoms. The number of hydrogen-bond acceptors (Lipinski definition) is 3. The average Bonchev–Trinajstić information content (AvgIpc) is 1.93. The average molecular weight is 189 g/mol. The molecule has 5 nitrogen and oxygen atoms in total. The Morgan fingerprint density at radius 3 is 2.69 bits per heavy atom. The van der Waals surface area contributed by atoms with Crippen molar-refractivity contribution < 1.29 is 19.7 Å². The lowest BCUT2D eigenvalue weighted by Gasteiger charge is -2.38. The van der Waals surface area contributed by atoms with E-state index < -0.39 is 18.2 Å². The number of carbonyl (C=O) groups is 1. The van der Waals surface area contributed by atoms with Crippen molar-refractivity contribution in [3.63, 3.8) is 0 Å². The summed E-state index contributed by atoms with van der Waals surface area (Å²) in [6.45, 7) is 3.96. The fraction of sp³-hybridized carbons (Fsp3) is 0.875. The zero-order chi connectivity index (χ0) is 10.1. The van der Waals surface area contributed by atoms with Crippen molar-refractivity contribution in [2.75, 3.05) is 6.61 Å². The summed E-state index contributed by atoms with van der Waals surface area (Å²) in [4.78, 5) is 10.3. The number of ether oxygens (including phenoxy) is 1. The Bertz CT molecular complexity index is 204. The standard InChI is InChI=1S/C8H15NO4/c1-8(2)3-6(10)5(4-13-8)9-7(11)12/h5-6,9-10H,3-4H2,1-2H3,(H,11,12)/t5-,6+/m1/s1. The Labute approximate surface area is 76.7 Å². The predicted octanol–water partition coefficient (Wildman–Crippen LogP) is 0.182. The summed E-state index contributed by atoms with van der Waals surface area (Å²) < 4.78 is 5.36. The Morgan fingerprint density at radius 1 is 1.62 bits per heavy atom. The highest BCUT2D eigenvalue weighted by molar-refractivity contribution is 5.65. The van der Waals surface area contributed by atoms with E-state index in [2.05, 4.69) is 5.32 Å². The van der Waals surface area contributed by atoms with Crippen molar-refractivity contribution in [3.8, 4) is 0 Å². The third-order valence-corrected chi connectivity index (χ3v) is 2.13. The Kier molecular flexibility index (Phi) is 2.77. The summed E-state index contributed by atoms with van der Waals surface area (Å²) in [5.74, 6) is 0. The molecule has 1 rings (SSSR count). The molecule has 0 aromatic heterocycles. The third-order valence-electron chi connectivity index (χ3n) is 2.13. The molecule has 76 valence electrons. The lowest BCUT2D eigenvalue weighted by Crippen LogP contribution is -2.53. The lowest BCUT2D eigenvalue weighted by molar-refractivity contribution is -0.112. The SMILES string of the molecule is CC1(C)C[C@H](O)[C@H](NC(=O)O)CO1. The van der Waals surface area contributed by atoms with Crippen LogP contribution in [0.2, 0.25) is 0 Å². The molecule has 0 aromatic carbocycles. The molecule has 0 spiro atoms. The van der Waals surface area contributed by atoms with Crippen LogP contribution in [0.25, 0.3) is 0 Å². The van der Waals surface area contributed by atoms with Gasteiger partial charge >= 0.3 is 6.09 Å². The topological polar surface area (TPSA) is 78.8 Å². The van der Waals surface area contributed by atoms with Gasteiger partial charge in [-0.05, 0) is 13.8 Å². The van der Waals surface area contributed by atoms with Gasteiger partial charge in [-0.25, -0.2) is 4.79 Å². The van der Waals surface area contributed by atoms with E-state index in [1.807, 2.05) is 13.8 Å². The molecule has 3 N–H and O–H groups in total. The van der Waals surface area contributed by atoms with E-state index >= 15 is 0 Å². The van der Waals surface area contributed by atoms with Gasteiger partial charge in [0.05, 0.1) is 24.4 Å². The summed E-state index contributed by atoms with van der Waals surface area (Å²) in [5, 5.41) is 20.2. The van der Waals surface area contributed by atoms with Crippen molar-refractivity contribution in [2.24, 2.45) is 0 Å². The minimum atomic E-state index is -1.13. The quantitative estimate of drug-likeness (QED) is 0.550. The lowest BCUT2D eigenvalue weighted by atomic mass is 9.93. The van der Waals surface area contributed by atoms with Crippen molar-refractivity contribution in [2.45, 2.75) is 38.0 Å². The Morgan fingerprint density at radius 2 is 2.23 bits per heavy atom. The third kappa shape index (κ3) is 2.86. The second kappa shape index (κ2) is 3.51. The van der Waals surface area contributed by atoms with Crippen LogP contribution in [0.4, 0.5) is 4.79 Å². The molecule has 1 fully saturated rings. The molecule has 0 saturated carbocycles. The molecule has 0 unspecified atom stereocenters. The van der Waals surface area contributed by atoms with Crippen LogP contribution >= 0.6 is 0 Å². The van der Waals surface area contributed by atoms with Crippen LogP contribution in [0.15, 0.2) is 0 Å². The first-order valence-corrected chi connectivity index (χ1v) is 4.22. The second-order valence-electron chi connectivity index (χ2n) is 3.90. The summed E-state index contributed by atoms with van der Waals surface area (Å²) in [7, 11) is 0. The zero-order valence-electron chi connectivity index (χ0n) is 7.78. The molecular weight excluding hydrogens is 174 g/mol. The van der Waals surface area contributed by atoms with E-state index in [1.54, 1.807) is 0 Å². The molecule has 2 atom stereocenters. The predicted molar refractivity (Wildman–Crippen MR) is 45.6 cm³/mol. The maximum absolute atomic E-state index is 10.3. The number of aliphatic hydroxyl groups is 1. The van der Waals surface area contributed by atoms with Gasteiger partial charge in [-0.3, -0.25) is 0 Å². The molecule has 0 bridgehead atoms. The molecular formula is C8H15NO4. The highest BCUT2D eigenvalue weighted by Gasteiger charge is 2.35. The fourth-order valence-corrected chi connectivity index (χ4v) is 1.43. The molecule has 0 aliphatic carbocycles. The van der Waals surface area contributed by atoms with Crippen molar-refractivity contribution in [3.05, 3.63) is 0 Å². The van der Waals surface area contributed by atoms with Crippen LogP contribution in [-0.4, -0.2) is 40.7 Å². The maximum Gasteiger partial charge on any atom is 0.405 e. The van der Waals surface area contributed by atoms with Gasteiger partial charge in [0, 0.05) is 6.42 Å². The monoisotopic (exact) mass is 189 g/mol. The fourth-order valence-electron chi connectivity index (χ4n) is 1.43. The minimum absolute atomic E-state index is 0.223.